The predicted octanol–water partition coefficient (Wildman–Crippen LogP) is 2.65. The molecule has 0 atom stereocenters. The number of carbonyl (C=O) groups excluding carboxylic acids is 1. The summed E-state index contributed by atoms with van der Waals surface area (Å²) in [4.78, 5) is 18.1. The Morgan fingerprint density at radius 2 is 2.19 bits per heavy atom. The third kappa shape index (κ3) is 3.82. The number of nitrogens with zero attached hydrogens (tertiary/aromatic N) is 3. The number of imidazole rings is 1. The summed E-state index contributed by atoms with van der Waals surface area (Å²) in [6.07, 6.45) is 4.58. The van der Waals surface area contributed by atoms with Gasteiger partial charge in [-0.05, 0) is 25.6 Å². The molecule has 2 heterocycles. The number of likely N-dealkylation sites (N-methyl/N-ethyl adjacent to an activating group) is 1. The van der Waals surface area contributed by atoms with Crippen molar-refractivity contribution in [1.29, 1.82) is 0 Å². The van der Waals surface area contributed by atoms with E-state index in [1.54, 1.807) is 17.5 Å². The Kier molecular flexibility index (Phi) is 5.33. The largest absolute Gasteiger partial charge is 0.492 e. The molecule has 0 aliphatic rings. The summed E-state index contributed by atoms with van der Waals surface area (Å²) in [6, 6.07) is 3.74. The van der Waals surface area contributed by atoms with Crippen molar-refractivity contribution < 1.29 is 9.53 Å². The molecule has 0 fully saturated rings. The van der Waals surface area contributed by atoms with Gasteiger partial charge in [-0.2, -0.15) is 0 Å². The maximum absolute atomic E-state index is 11.4. The molecule has 2 rings (SSSR count). The molecule has 0 saturated carbocycles. The predicted molar refractivity (Wildman–Crippen MR) is 83.1 cm³/mol. The highest BCUT2D eigenvalue weighted by Gasteiger charge is 2.08. The van der Waals surface area contributed by atoms with Gasteiger partial charge in [-0.3, -0.25) is 9.20 Å². The molecule has 21 heavy (non-hydrogen) atoms. The van der Waals surface area contributed by atoms with E-state index < -0.39 is 0 Å². The number of aromatic nitrogens is 2. The highest BCUT2D eigenvalue weighted by molar-refractivity contribution is 5.93. The number of hydrogen-bond acceptors (Lipinski definition) is 4. The van der Waals surface area contributed by atoms with E-state index >= 15 is 0 Å². The lowest BCUT2D eigenvalue weighted by atomic mass is 10.3. The van der Waals surface area contributed by atoms with E-state index in [4.69, 9.17) is 4.74 Å². The molecular formula is C16H23N3O2. The number of Topliss-reactive ketones (excluding diaryl/α,β-unsaturated/α-hetero) is 1. The lowest BCUT2D eigenvalue weighted by Gasteiger charge is -2.19. The van der Waals surface area contributed by atoms with Gasteiger partial charge >= 0.3 is 0 Å². The van der Waals surface area contributed by atoms with Crippen molar-refractivity contribution in [3.05, 3.63) is 30.2 Å². The Morgan fingerprint density at radius 1 is 1.38 bits per heavy atom. The first-order chi connectivity index (χ1) is 10.2. The minimum absolute atomic E-state index is 0.00863. The molecule has 0 spiro atoms. The van der Waals surface area contributed by atoms with Crippen LogP contribution in [0.2, 0.25) is 0 Å². The van der Waals surface area contributed by atoms with Crippen LogP contribution in [-0.4, -0.2) is 46.3 Å². The van der Waals surface area contributed by atoms with Crippen molar-refractivity contribution in [1.82, 2.24) is 14.3 Å². The third-order valence-corrected chi connectivity index (χ3v) is 3.51. The van der Waals surface area contributed by atoms with Crippen LogP contribution in [0.15, 0.2) is 24.5 Å². The number of hydrogen-bond donors (Lipinski definition) is 0. The summed E-state index contributed by atoms with van der Waals surface area (Å²) < 4.78 is 7.56. The van der Waals surface area contributed by atoms with Crippen molar-refractivity contribution in [3.8, 4) is 5.75 Å². The van der Waals surface area contributed by atoms with Crippen molar-refractivity contribution >= 4 is 11.4 Å². The molecule has 5 heteroatoms. The molecule has 0 N–H and O–H groups in total. The van der Waals surface area contributed by atoms with Gasteiger partial charge in [0.25, 0.3) is 0 Å². The van der Waals surface area contributed by atoms with E-state index in [0.717, 1.165) is 37.5 Å². The summed E-state index contributed by atoms with van der Waals surface area (Å²) in [6.45, 7) is 9.60. The highest BCUT2D eigenvalue weighted by atomic mass is 16.5. The van der Waals surface area contributed by atoms with Crippen molar-refractivity contribution in [3.63, 3.8) is 0 Å². The number of ketones is 1. The summed E-state index contributed by atoms with van der Waals surface area (Å²) in [7, 11) is 0. The van der Waals surface area contributed by atoms with Crippen molar-refractivity contribution in [2.45, 2.75) is 27.2 Å². The molecule has 114 valence electrons. The zero-order valence-electron chi connectivity index (χ0n) is 13.0. The third-order valence-electron chi connectivity index (χ3n) is 3.51. The molecule has 0 saturated heterocycles. The summed E-state index contributed by atoms with van der Waals surface area (Å²) in [5, 5.41) is 0. The van der Waals surface area contributed by atoms with Crippen LogP contribution >= 0.6 is 0 Å². The average Bonchev–Trinajstić information content (AvgIpc) is 2.89. The maximum Gasteiger partial charge on any atom is 0.178 e. The molecule has 0 unspecified atom stereocenters. The van der Waals surface area contributed by atoms with Gasteiger partial charge in [-0.1, -0.05) is 13.8 Å². The van der Waals surface area contributed by atoms with Crippen molar-refractivity contribution in [2.75, 3.05) is 26.2 Å². The Labute approximate surface area is 125 Å². The number of ether oxygens (including phenoxy) is 1. The molecule has 0 amide bonds. The van der Waals surface area contributed by atoms with Crippen LogP contribution in [0.1, 0.15) is 37.7 Å². The molecule has 2 aromatic heterocycles. The lowest BCUT2D eigenvalue weighted by molar-refractivity contribution is 0.101. The van der Waals surface area contributed by atoms with Crippen LogP contribution in [0.25, 0.3) is 5.65 Å². The molecular weight excluding hydrogens is 266 g/mol. The van der Waals surface area contributed by atoms with Crippen LogP contribution in [0.3, 0.4) is 0 Å². The summed E-state index contributed by atoms with van der Waals surface area (Å²) in [5.41, 5.74) is 1.33. The van der Waals surface area contributed by atoms with Crippen LogP contribution in [0.4, 0.5) is 0 Å². The minimum atomic E-state index is 0.00863. The number of rotatable bonds is 8. The van der Waals surface area contributed by atoms with E-state index in [1.165, 1.54) is 0 Å². The second-order valence-electron chi connectivity index (χ2n) is 5.07. The normalized spacial score (nSPS) is 11.2. The molecule has 0 bridgehead atoms. The quantitative estimate of drug-likeness (QED) is 0.701. The SMILES string of the molecule is CCCN(CC)CCOc1ccn2c(C(C)=O)cnc2c1. The first-order valence-electron chi connectivity index (χ1n) is 7.49. The highest BCUT2D eigenvalue weighted by Crippen LogP contribution is 2.15. The van der Waals surface area contributed by atoms with E-state index in [2.05, 4.69) is 23.7 Å². The first kappa shape index (κ1) is 15.5. The van der Waals surface area contributed by atoms with Crippen LogP contribution < -0.4 is 4.74 Å². The second-order valence-corrected chi connectivity index (χ2v) is 5.07. The molecule has 2 aromatic rings. The topological polar surface area (TPSA) is 46.8 Å². The molecule has 0 aliphatic carbocycles. The molecule has 0 aliphatic heterocycles. The number of pyridine rings is 1. The number of carbonyl (C=O) groups is 1. The van der Waals surface area contributed by atoms with Gasteiger partial charge in [0, 0.05) is 25.7 Å². The standard InChI is InChI=1S/C16H23N3O2/c1-4-7-18(5-2)9-10-21-14-6-8-19-15(13(3)20)12-17-16(19)11-14/h6,8,11-12H,4-5,7,9-10H2,1-3H3. The first-order valence-corrected chi connectivity index (χ1v) is 7.49. The number of fused-ring (bicyclic) bond motifs is 1. The van der Waals surface area contributed by atoms with Gasteiger partial charge in [-0.25, -0.2) is 4.98 Å². The van der Waals surface area contributed by atoms with E-state index in [9.17, 15) is 4.79 Å². The monoisotopic (exact) mass is 289 g/mol. The van der Waals surface area contributed by atoms with Crippen LogP contribution in [0, 0.1) is 0 Å². The zero-order valence-corrected chi connectivity index (χ0v) is 13.0. The molecule has 5 nitrogen and oxygen atoms in total. The average molecular weight is 289 g/mol. The van der Waals surface area contributed by atoms with Crippen LogP contribution in [-0.2, 0) is 0 Å². The molecule has 0 radical (unpaired) electrons. The zero-order chi connectivity index (χ0) is 15.2. The second kappa shape index (κ2) is 7.22. The van der Waals surface area contributed by atoms with Gasteiger partial charge in [0.2, 0.25) is 0 Å². The lowest BCUT2D eigenvalue weighted by Crippen LogP contribution is -2.29. The summed E-state index contributed by atoms with van der Waals surface area (Å²) in [5.74, 6) is 0.796. The summed E-state index contributed by atoms with van der Waals surface area (Å²) >= 11 is 0. The van der Waals surface area contributed by atoms with Crippen LogP contribution in [0.5, 0.6) is 5.75 Å². The van der Waals surface area contributed by atoms with Crippen molar-refractivity contribution in [2.24, 2.45) is 0 Å². The fourth-order valence-corrected chi connectivity index (χ4v) is 2.35. The smallest absolute Gasteiger partial charge is 0.178 e. The Morgan fingerprint density at radius 3 is 2.86 bits per heavy atom. The minimum Gasteiger partial charge on any atom is -0.492 e. The Bertz CT molecular complexity index is 607. The fraction of sp³-hybridized carbons (Fsp3) is 0.500. The van der Waals surface area contributed by atoms with E-state index in [-0.39, 0.29) is 5.78 Å². The van der Waals surface area contributed by atoms with Gasteiger partial charge in [0.05, 0.1) is 6.20 Å². The van der Waals surface area contributed by atoms with Gasteiger partial charge in [0.15, 0.2) is 5.78 Å². The van der Waals surface area contributed by atoms with E-state index in [0.29, 0.717) is 12.3 Å². The van der Waals surface area contributed by atoms with E-state index in [1.807, 2.05) is 18.3 Å². The van der Waals surface area contributed by atoms with Gasteiger partial charge < -0.3 is 9.64 Å². The Balaban J connectivity index is 1.98. The van der Waals surface area contributed by atoms with Gasteiger partial charge in [0.1, 0.15) is 23.7 Å². The van der Waals surface area contributed by atoms with Gasteiger partial charge in [-0.15, -0.1) is 0 Å². The molecule has 0 aromatic carbocycles. The fourth-order valence-electron chi connectivity index (χ4n) is 2.35. The maximum atomic E-state index is 11.4. The Hall–Kier alpha value is -1.88.